The Kier molecular flexibility index (Phi) is 5.25. The Morgan fingerprint density at radius 3 is 2.57 bits per heavy atom. The van der Waals surface area contributed by atoms with Crippen LogP contribution in [0.4, 0.5) is 18.9 Å². The predicted octanol–water partition coefficient (Wildman–Crippen LogP) is 1.45. The molecule has 0 radical (unpaired) electrons. The maximum Gasteiger partial charge on any atom is 0.401 e. The lowest BCUT2D eigenvalue weighted by Crippen LogP contribution is -2.46. The molecule has 0 unspecified atom stereocenters. The van der Waals surface area contributed by atoms with Crippen molar-refractivity contribution < 1.29 is 22.8 Å². The van der Waals surface area contributed by atoms with E-state index >= 15 is 0 Å². The molecule has 0 bridgehead atoms. The third kappa shape index (κ3) is 4.69. The fourth-order valence-electron chi connectivity index (χ4n) is 2.59. The largest absolute Gasteiger partial charge is 0.401 e. The van der Waals surface area contributed by atoms with Crippen LogP contribution < -0.4 is 15.5 Å². The molecular formula is C15H18F3N3O2. The van der Waals surface area contributed by atoms with Crippen LogP contribution in [0.3, 0.4) is 0 Å². The second kappa shape index (κ2) is 6.99. The summed E-state index contributed by atoms with van der Waals surface area (Å²) >= 11 is 0. The zero-order valence-electron chi connectivity index (χ0n) is 12.6. The number of hydrogen-bond acceptors (Lipinski definition) is 3. The van der Waals surface area contributed by atoms with Crippen molar-refractivity contribution in [2.24, 2.45) is 0 Å². The first-order chi connectivity index (χ1) is 10.8. The van der Waals surface area contributed by atoms with Gasteiger partial charge in [0, 0.05) is 11.7 Å². The van der Waals surface area contributed by atoms with Gasteiger partial charge in [-0.3, -0.25) is 9.59 Å². The Hall–Kier alpha value is -2.09. The third-order valence-corrected chi connectivity index (χ3v) is 3.53. The molecule has 126 valence electrons. The molecule has 23 heavy (non-hydrogen) atoms. The highest BCUT2D eigenvalue weighted by Gasteiger charge is 2.38. The molecule has 2 amide bonds. The van der Waals surface area contributed by atoms with E-state index in [4.69, 9.17) is 0 Å². The van der Waals surface area contributed by atoms with Crippen LogP contribution in [0.25, 0.3) is 0 Å². The number of nitrogens with zero attached hydrogens (tertiary/aromatic N) is 1. The maximum atomic E-state index is 12.4. The minimum atomic E-state index is -4.37. The SMILES string of the molecule is C[C@@H]1C[C@@H](NC(=O)CNCC(F)(F)F)C(=O)N1c1ccccc1. The number of alkyl halides is 3. The van der Waals surface area contributed by atoms with Gasteiger partial charge in [-0.05, 0) is 25.5 Å². The van der Waals surface area contributed by atoms with E-state index in [1.807, 2.05) is 30.4 Å². The molecule has 0 aliphatic carbocycles. The van der Waals surface area contributed by atoms with Crippen molar-refractivity contribution in [1.29, 1.82) is 0 Å². The number of rotatable bonds is 5. The zero-order chi connectivity index (χ0) is 17.0. The summed E-state index contributed by atoms with van der Waals surface area (Å²) in [6, 6.07) is 8.22. The molecule has 2 rings (SSSR count). The second-order valence-corrected chi connectivity index (χ2v) is 5.47. The molecule has 1 aromatic carbocycles. The highest BCUT2D eigenvalue weighted by Crippen LogP contribution is 2.26. The van der Waals surface area contributed by atoms with E-state index in [1.54, 1.807) is 17.0 Å². The normalized spacial score (nSPS) is 21.6. The van der Waals surface area contributed by atoms with Crippen molar-refractivity contribution in [2.45, 2.75) is 31.6 Å². The highest BCUT2D eigenvalue weighted by molar-refractivity contribution is 6.02. The Labute approximate surface area is 131 Å². The number of para-hydroxylation sites is 1. The minimum Gasteiger partial charge on any atom is -0.343 e. The predicted molar refractivity (Wildman–Crippen MR) is 78.9 cm³/mol. The van der Waals surface area contributed by atoms with Gasteiger partial charge in [0.15, 0.2) is 0 Å². The average Bonchev–Trinajstić information content (AvgIpc) is 2.73. The molecule has 1 saturated heterocycles. The number of anilines is 1. The van der Waals surface area contributed by atoms with Crippen LogP contribution >= 0.6 is 0 Å². The van der Waals surface area contributed by atoms with Gasteiger partial charge in [0.05, 0.1) is 13.1 Å². The molecule has 0 spiro atoms. The van der Waals surface area contributed by atoms with Crippen molar-refractivity contribution >= 4 is 17.5 Å². The van der Waals surface area contributed by atoms with Gasteiger partial charge in [-0.1, -0.05) is 18.2 Å². The molecule has 1 aliphatic rings. The Bertz CT molecular complexity index is 563. The van der Waals surface area contributed by atoms with Gasteiger partial charge < -0.3 is 15.5 Å². The van der Waals surface area contributed by atoms with Gasteiger partial charge in [0.25, 0.3) is 0 Å². The van der Waals surface area contributed by atoms with Crippen molar-refractivity contribution in [3.63, 3.8) is 0 Å². The summed E-state index contributed by atoms with van der Waals surface area (Å²) in [5, 5.41) is 4.49. The minimum absolute atomic E-state index is 0.0988. The lowest BCUT2D eigenvalue weighted by atomic mass is 10.2. The topological polar surface area (TPSA) is 61.4 Å². The smallest absolute Gasteiger partial charge is 0.343 e. The van der Waals surface area contributed by atoms with Crippen LogP contribution in [0, 0.1) is 0 Å². The van der Waals surface area contributed by atoms with Crippen LogP contribution in [-0.4, -0.2) is 43.2 Å². The zero-order valence-corrected chi connectivity index (χ0v) is 12.6. The van der Waals surface area contributed by atoms with Crippen molar-refractivity contribution in [2.75, 3.05) is 18.0 Å². The van der Waals surface area contributed by atoms with Crippen LogP contribution in [0.2, 0.25) is 0 Å². The summed E-state index contributed by atoms with van der Waals surface area (Å²) in [6.45, 7) is 0.132. The van der Waals surface area contributed by atoms with Gasteiger partial charge in [-0.15, -0.1) is 0 Å². The number of nitrogens with one attached hydrogen (secondary N) is 2. The molecule has 1 heterocycles. The fourth-order valence-corrected chi connectivity index (χ4v) is 2.59. The molecule has 2 atom stereocenters. The van der Waals surface area contributed by atoms with Gasteiger partial charge in [0.2, 0.25) is 11.8 Å². The monoisotopic (exact) mass is 329 g/mol. The molecule has 1 aromatic rings. The van der Waals surface area contributed by atoms with Gasteiger partial charge in [-0.2, -0.15) is 13.2 Å². The summed E-state index contributed by atoms with van der Waals surface area (Å²) in [5.41, 5.74) is 0.733. The van der Waals surface area contributed by atoms with Gasteiger partial charge >= 0.3 is 6.18 Å². The van der Waals surface area contributed by atoms with E-state index in [2.05, 4.69) is 5.32 Å². The van der Waals surface area contributed by atoms with Crippen LogP contribution in [0.15, 0.2) is 30.3 Å². The molecule has 1 fully saturated rings. The quantitative estimate of drug-likeness (QED) is 0.859. The first-order valence-electron chi connectivity index (χ1n) is 7.23. The molecule has 1 aliphatic heterocycles. The second-order valence-electron chi connectivity index (χ2n) is 5.47. The number of carbonyl (C=O) groups is 2. The van der Waals surface area contributed by atoms with Crippen LogP contribution in [0.5, 0.6) is 0 Å². The van der Waals surface area contributed by atoms with E-state index in [9.17, 15) is 22.8 Å². The first-order valence-corrected chi connectivity index (χ1v) is 7.23. The molecule has 8 heteroatoms. The van der Waals surface area contributed by atoms with E-state index in [0.29, 0.717) is 6.42 Å². The van der Waals surface area contributed by atoms with E-state index in [-0.39, 0.29) is 11.9 Å². The summed E-state index contributed by atoms with van der Waals surface area (Å²) in [5.74, 6) is -0.886. The van der Waals surface area contributed by atoms with E-state index in [1.165, 1.54) is 0 Å². The Balaban J connectivity index is 1.90. The molecule has 0 saturated carbocycles. The van der Waals surface area contributed by atoms with Crippen LogP contribution in [0.1, 0.15) is 13.3 Å². The summed E-state index contributed by atoms with van der Waals surface area (Å²) in [6.07, 6.45) is -3.96. The third-order valence-electron chi connectivity index (χ3n) is 3.53. The molecule has 0 aromatic heterocycles. The number of carbonyl (C=O) groups excluding carboxylic acids is 2. The lowest BCUT2D eigenvalue weighted by Gasteiger charge is -2.21. The number of halogens is 3. The van der Waals surface area contributed by atoms with Gasteiger partial charge in [-0.25, -0.2) is 0 Å². The molecule has 2 N–H and O–H groups in total. The Morgan fingerprint density at radius 1 is 1.30 bits per heavy atom. The highest BCUT2D eigenvalue weighted by atomic mass is 19.4. The molecule has 5 nitrogen and oxygen atoms in total. The number of hydrogen-bond donors (Lipinski definition) is 2. The van der Waals surface area contributed by atoms with Crippen molar-refractivity contribution in [3.05, 3.63) is 30.3 Å². The standard InChI is InChI=1S/C15H18F3N3O2/c1-10-7-12(20-13(22)8-19-9-15(16,17)18)14(23)21(10)11-5-3-2-4-6-11/h2-6,10,12,19H,7-9H2,1H3,(H,20,22)/t10-,12-/m1/s1. The van der Waals surface area contributed by atoms with Crippen LogP contribution in [-0.2, 0) is 9.59 Å². The van der Waals surface area contributed by atoms with Crippen molar-refractivity contribution in [3.8, 4) is 0 Å². The molecular weight excluding hydrogens is 311 g/mol. The number of benzene rings is 1. The number of amides is 2. The summed E-state index contributed by atoms with van der Waals surface area (Å²) < 4.78 is 36.0. The maximum absolute atomic E-state index is 12.4. The van der Waals surface area contributed by atoms with Gasteiger partial charge in [0.1, 0.15) is 6.04 Å². The van der Waals surface area contributed by atoms with E-state index < -0.39 is 31.2 Å². The first kappa shape index (κ1) is 17.3. The average molecular weight is 329 g/mol. The summed E-state index contributed by atoms with van der Waals surface area (Å²) in [7, 11) is 0. The fraction of sp³-hybridized carbons (Fsp3) is 0.467. The van der Waals surface area contributed by atoms with E-state index in [0.717, 1.165) is 5.69 Å². The lowest BCUT2D eigenvalue weighted by molar-refractivity contribution is -0.130. The van der Waals surface area contributed by atoms with Crippen molar-refractivity contribution in [1.82, 2.24) is 10.6 Å². The Morgan fingerprint density at radius 2 is 1.96 bits per heavy atom. The summed E-state index contributed by atoms with van der Waals surface area (Å²) in [4.78, 5) is 25.7.